The Morgan fingerprint density at radius 3 is 1.46 bits per heavy atom. The SMILES string of the molecule is N=C/C(=C1\NC(c2ccccc2)=C(c2ccc(-c3cc(-c4cccc5c4oc4ccccc45)cc(-c4cccc5c4oc4ccccc45)c3)cc2)c2ccccc21)c1ccccc1. The number of allylic oxidation sites excluding steroid dienone is 1. The molecular weight excluding hydrogens is 769 g/mol. The van der Waals surface area contributed by atoms with Gasteiger partial charge in [-0.15, -0.1) is 0 Å². The molecule has 0 unspecified atom stereocenters. The van der Waals surface area contributed by atoms with Crippen LogP contribution in [0.25, 0.3) is 99.8 Å². The number of hydrogen-bond donors (Lipinski definition) is 2. The lowest BCUT2D eigenvalue weighted by atomic mass is 9.84. The normalized spacial score (nSPS) is 13.4. The Hall–Kier alpha value is -8.47. The monoisotopic (exact) mass is 806 g/mol. The van der Waals surface area contributed by atoms with Crippen LogP contribution in [0.2, 0.25) is 0 Å². The molecule has 2 aromatic heterocycles. The molecule has 296 valence electrons. The van der Waals surface area contributed by atoms with Crippen LogP contribution in [0.1, 0.15) is 27.8 Å². The maximum atomic E-state index is 8.59. The van der Waals surface area contributed by atoms with Gasteiger partial charge in [0.25, 0.3) is 0 Å². The minimum atomic E-state index is 0.832. The van der Waals surface area contributed by atoms with Crippen LogP contribution in [-0.2, 0) is 0 Å². The molecule has 63 heavy (non-hydrogen) atoms. The standard InChI is InChI=1S/C59H38N2O2/c60-36-52(38-15-3-1-4-16-38)57-49-22-8-7-21-48(49)55(56(61-57)40-17-5-2-6-18-40)39-31-29-37(30-32-39)41-33-42(44-23-13-25-50-46-19-9-11-27-53(46)62-58(44)50)35-43(34-41)45-24-14-26-51-47-20-10-12-28-54(47)63-59(45)51/h1-36,60-61H/b57-52+,60-36?. The van der Waals surface area contributed by atoms with Gasteiger partial charge in [0.05, 0.1) is 11.4 Å². The molecule has 0 fully saturated rings. The molecule has 0 saturated carbocycles. The van der Waals surface area contributed by atoms with Gasteiger partial charge in [-0.05, 0) is 74.8 Å². The van der Waals surface area contributed by atoms with Gasteiger partial charge in [-0.2, -0.15) is 0 Å². The van der Waals surface area contributed by atoms with E-state index in [4.69, 9.17) is 14.2 Å². The third-order valence-electron chi connectivity index (χ3n) is 12.4. The topological polar surface area (TPSA) is 62.2 Å². The molecule has 4 nitrogen and oxygen atoms in total. The summed E-state index contributed by atoms with van der Waals surface area (Å²) in [6.45, 7) is 0. The van der Waals surface area contributed by atoms with E-state index in [0.717, 1.165) is 128 Å². The predicted octanol–water partition coefficient (Wildman–Crippen LogP) is 15.5. The van der Waals surface area contributed by atoms with Gasteiger partial charge in [0, 0.05) is 55.6 Å². The van der Waals surface area contributed by atoms with E-state index >= 15 is 0 Å². The second-order valence-electron chi connectivity index (χ2n) is 16.0. The maximum Gasteiger partial charge on any atom is 0.143 e. The zero-order valence-electron chi connectivity index (χ0n) is 34.1. The van der Waals surface area contributed by atoms with Crippen molar-refractivity contribution < 1.29 is 8.83 Å². The summed E-state index contributed by atoms with van der Waals surface area (Å²) in [5, 5.41) is 16.8. The highest BCUT2D eigenvalue weighted by molar-refractivity contribution is 6.22. The summed E-state index contributed by atoms with van der Waals surface area (Å²) in [7, 11) is 0. The van der Waals surface area contributed by atoms with Crippen LogP contribution in [0, 0.1) is 5.41 Å². The Labute approximate surface area is 364 Å². The molecule has 9 aromatic carbocycles. The van der Waals surface area contributed by atoms with Gasteiger partial charge in [0.2, 0.25) is 0 Å². The van der Waals surface area contributed by atoms with E-state index in [-0.39, 0.29) is 0 Å². The Morgan fingerprint density at radius 1 is 0.381 bits per heavy atom. The molecular formula is C59H38N2O2. The van der Waals surface area contributed by atoms with Crippen LogP contribution in [-0.4, -0.2) is 6.21 Å². The van der Waals surface area contributed by atoms with Crippen LogP contribution in [0.3, 0.4) is 0 Å². The van der Waals surface area contributed by atoms with Crippen molar-refractivity contribution in [2.45, 2.75) is 0 Å². The quantitative estimate of drug-likeness (QED) is 0.158. The van der Waals surface area contributed by atoms with Gasteiger partial charge in [-0.1, -0.05) is 182 Å². The summed E-state index contributed by atoms with van der Waals surface area (Å²) >= 11 is 0. The largest absolute Gasteiger partial charge is 0.455 e. The van der Waals surface area contributed by atoms with Gasteiger partial charge in [0.1, 0.15) is 22.3 Å². The molecule has 0 saturated heterocycles. The first-order valence-corrected chi connectivity index (χ1v) is 21.2. The number of rotatable bonds is 7. The Morgan fingerprint density at radius 2 is 0.857 bits per heavy atom. The van der Waals surface area contributed by atoms with Crippen molar-refractivity contribution in [2.75, 3.05) is 0 Å². The molecule has 0 atom stereocenters. The Kier molecular flexibility index (Phi) is 8.61. The van der Waals surface area contributed by atoms with Crippen LogP contribution in [0.15, 0.2) is 221 Å². The molecule has 12 rings (SSSR count). The van der Waals surface area contributed by atoms with E-state index in [0.29, 0.717) is 0 Å². The Bertz CT molecular complexity index is 3510. The summed E-state index contributed by atoms with van der Waals surface area (Å²) in [6, 6.07) is 74.3. The third-order valence-corrected chi connectivity index (χ3v) is 12.4. The van der Waals surface area contributed by atoms with E-state index in [1.54, 1.807) is 0 Å². The first kappa shape index (κ1) is 36.4. The van der Waals surface area contributed by atoms with Crippen molar-refractivity contribution in [2.24, 2.45) is 0 Å². The van der Waals surface area contributed by atoms with Crippen molar-refractivity contribution in [3.8, 4) is 33.4 Å². The van der Waals surface area contributed by atoms with Crippen LogP contribution in [0.5, 0.6) is 0 Å². The number of furan rings is 2. The zero-order chi connectivity index (χ0) is 41.9. The smallest absolute Gasteiger partial charge is 0.143 e. The molecule has 1 aliphatic heterocycles. The van der Waals surface area contributed by atoms with E-state index in [1.807, 2.05) is 48.5 Å². The highest BCUT2D eigenvalue weighted by atomic mass is 16.3. The van der Waals surface area contributed by atoms with Crippen molar-refractivity contribution in [3.05, 3.63) is 240 Å². The van der Waals surface area contributed by atoms with E-state index in [1.165, 1.54) is 6.21 Å². The van der Waals surface area contributed by atoms with E-state index < -0.39 is 0 Å². The summed E-state index contributed by atoms with van der Waals surface area (Å²) in [5.41, 5.74) is 19.0. The Balaban J connectivity index is 1.04. The molecule has 4 heteroatoms. The van der Waals surface area contributed by atoms with Crippen LogP contribution >= 0.6 is 0 Å². The molecule has 0 bridgehead atoms. The summed E-state index contributed by atoms with van der Waals surface area (Å²) in [4.78, 5) is 0. The van der Waals surface area contributed by atoms with Crippen LogP contribution < -0.4 is 5.32 Å². The number of nitrogens with one attached hydrogen (secondary N) is 2. The number of para-hydroxylation sites is 4. The average molecular weight is 807 g/mol. The fourth-order valence-corrected chi connectivity index (χ4v) is 9.44. The first-order chi connectivity index (χ1) is 31.2. The minimum Gasteiger partial charge on any atom is -0.455 e. The summed E-state index contributed by atoms with van der Waals surface area (Å²) in [5.74, 6) is 0. The van der Waals surface area contributed by atoms with Crippen molar-refractivity contribution in [1.82, 2.24) is 5.32 Å². The van der Waals surface area contributed by atoms with Crippen molar-refractivity contribution in [3.63, 3.8) is 0 Å². The van der Waals surface area contributed by atoms with E-state index in [2.05, 4.69) is 169 Å². The van der Waals surface area contributed by atoms with Crippen molar-refractivity contribution in [1.29, 1.82) is 5.41 Å². The first-order valence-electron chi connectivity index (χ1n) is 21.2. The summed E-state index contributed by atoms with van der Waals surface area (Å²) < 4.78 is 13.2. The van der Waals surface area contributed by atoms with Gasteiger partial charge >= 0.3 is 0 Å². The molecule has 0 aliphatic carbocycles. The van der Waals surface area contributed by atoms with Gasteiger partial charge < -0.3 is 19.6 Å². The second-order valence-corrected chi connectivity index (χ2v) is 16.0. The van der Waals surface area contributed by atoms with E-state index in [9.17, 15) is 0 Å². The fraction of sp³-hybridized carbons (Fsp3) is 0. The number of hydrogen-bond acceptors (Lipinski definition) is 4. The lowest BCUT2D eigenvalue weighted by Gasteiger charge is -2.29. The number of benzene rings is 9. The third kappa shape index (κ3) is 6.11. The zero-order valence-corrected chi connectivity index (χ0v) is 34.1. The van der Waals surface area contributed by atoms with Gasteiger partial charge in [0.15, 0.2) is 0 Å². The second kappa shape index (κ2) is 14.9. The lowest BCUT2D eigenvalue weighted by Crippen LogP contribution is -2.21. The predicted molar refractivity (Wildman–Crippen MR) is 261 cm³/mol. The highest BCUT2D eigenvalue weighted by Gasteiger charge is 2.27. The molecule has 2 N–H and O–H groups in total. The molecule has 0 amide bonds. The fourth-order valence-electron chi connectivity index (χ4n) is 9.44. The average Bonchev–Trinajstić information content (AvgIpc) is 3.93. The van der Waals surface area contributed by atoms with Gasteiger partial charge in [-0.3, -0.25) is 0 Å². The molecule has 3 heterocycles. The maximum absolute atomic E-state index is 8.59. The van der Waals surface area contributed by atoms with Gasteiger partial charge in [-0.25, -0.2) is 0 Å². The lowest BCUT2D eigenvalue weighted by molar-refractivity contribution is 0.670. The summed E-state index contributed by atoms with van der Waals surface area (Å²) in [6.07, 6.45) is 1.46. The molecule has 0 radical (unpaired) electrons. The van der Waals surface area contributed by atoms with Crippen LogP contribution in [0.4, 0.5) is 0 Å². The highest BCUT2D eigenvalue weighted by Crippen LogP contribution is 2.44. The number of fused-ring (bicyclic) bond motifs is 7. The molecule has 11 aromatic rings. The van der Waals surface area contributed by atoms with Crippen molar-refractivity contribution >= 4 is 72.6 Å². The minimum absolute atomic E-state index is 0.832. The molecule has 1 aliphatic rings. The molecule has 0 spiro atoms.